The number of pyridine rings is 1. The fraction of sp³-hybridized carbons (Fsp3) is 0.381. The third kappa shape index (κ3) is 3.71. The number of piperidine rings is 1. The lowest BCUT2D eigenvalue weighted by Gasteiger charge is -2.32. The standard InChI is InChI=1S/C21H23N3O3/c1-14-4-2-8-22-19(14)23-20(25)16-5-3-9-24(11-16)21(26)15-6-7-17-12-27-13-18(17)10-15/h2,4,6-8,10,16H,3,5,9,11-13H2,1H3,(H,22,23,25). The minimum atomic E-state index is -0.220. The molecule has 2 aliphatic rings. The van der Waals surface area contributed by atoms with Crippen molar-refractivity contribution in [2.24, 2.45) is 5.92 Å². The second-order valence-electron chi connectivity index (χ2n) is 7.22. The van der Waals surface area contributed by atoms with Gasteiger partial charge in [0.15, 0.2) is 0 Å². The summed E-state index contributed by atoms with van der Waals surface area (Å²) in [6.45, 7) is 4.20. The van der Waals surface area contributed by atoms with Gasteiger partial charge < -0.3 is 15.0 Å². The van der Waals surface area contributed by atoms with Gasteiger partial charge in [-0.3, -0.25) is 9.59 Å². The lowest BCUT2D eigenvalue weighted by Crippen LogP contribution is -2.43. The Morgan fingerprint density at radius 2 is 2.07 bits per heavy atom. The SMILES string of the molecule is Cc1cccnc1NC(=O)C1CCCN(C(=O)c2ccc3c(c2)COC3)C1. The molecule has 1 atom stereocenters. The number of amides is 2. The van der Waals surface area contributed by atoms with E-state index in [2.05, 4.69) is 10.3 Å². The maximum absolute atomic E-state index is 12.9. The predicted octanol–water partition coefficient (Wildman–Crippen LogP) is 2.91. The zero-order valence-electron chi connectivity index (χ0n) is 15.4. The van der Waals surface area contributed by atoms with Crippen LogP contribution < -0.4 is 5.32 Å². The van der Waals surface area contributed by atoms with Gasteiger partial charge in [-0.05, 0) is 54.7 Å². The fourth-order valence-electron chi connectivity index (χ4n) is 3.70. The van der Waals surface area contributed by atoms with Gasteiger partial charge in [0.2, 0.25) is 5.91 Å². The minimum Gasteiger partial charge on any atom is -0.372 e. The number of likely N-dealkylation sites (tertiary alicyclic amines) is 1. The van der Waals surface area contributed by atoms with Crippen molar-refractivity contribution in [2.45, 2.75) is 33.0 Å². The molecule has 3 heterocycles. The van der Waals surface area contributed by atoms with Gasteiger partial charge in [-0.15, -0.1) is 0 Å². The van der Waals surface area contributed by atoms with Crippen molar-refractivity contribution in [3.8, 4) is 0 Å². The van der Waals surface area contributed by atoms with Crippen molar-refractivity contribution in [3.05, 3.63) is 58.8 Å². The number of hydrogen-bond donors (Lipinski definition) is 1. The van der Waals surface area contributed by atoms with Crippen LogP contribution in [0.25, 0.3) is 0 Å². The Labute approximate surface area is 158 Å². The van der Waals surface area contributed by atoms with E-state index in [9.17, 15) is 9.59 Å². The molecule has 1 N–H and O–H groups in total. The molecule has 1 saturated heterocycles. The van der Waals surface area contributed by atoms with Gasteiger partial charge in [0.05, 0.1) is 19.1 Å². The number of ether oxygens (including phenoxy) is 1. The smallest absolute Gasteiger partial charge is 0.253 e. The van der Waals surface area contributed by atoms with Crippen LogP contribution in [-0.4, -0.2) is 34.8 Å². The molecule has 0 spiro atoms. The summed E-state index contributed by atoms with van der Waals surface area (Å²) in [6, 6.07) is 9.50. The molecule has 1 aromatic carbocycles. The summed E-state index contributed by atoms with van der Waals surface area (Å²) in [5, 5.41) is 2.91. The molecule has 2 aliphatic heterocycles. The first-order valence-corrected chi connectivity index (χ1v) is 9.33. The normalized spacial score (nSPS) is 18.9. The van der Waals surface area contributed by atoms with E-state index < -0.39 is 0 Å². The van der Waals surface area contributed by atoms with E-state index in [1.807, 2.05) is 37.3 Å². The molecule has 1 aromatic heterocycles. The van der Waals surface area contributed by atoms with E-state index in [0.29, 0.717) is 37.7 Å². The number of hydrogen-bond acceptors (Lipinski definition) is 4. The van der Waals surface area contributed by atoms with Crippen molar-refractivity contribution in [1.29, 1.82) is 0 Å². The van der Waals surface area contributed by atoms with Crippen LogP contribution in [0.1, 0.15) is 39.9 Å². The topological polar surface area (TPSA) is 71.5 Å². The van der Waals surface area contributed by atoms with Gasteiger partial charge in [-0.25, -0.2) is 4.98 Å². The van der Waals surface area contributed by atoms with Gasteiger partial charge in [0, 0.05) is 24.8 Å². The predicted molar refractivity (Wildman–Crippen MR) is 101 cm³/mol. The van der Waals surface area contributed by atoms with E-state index >= 15 is 0 Å². The molecule has 0 radical (unpaired) electrons. The second-order valence-corrected chi connectivity index (χ2v) is 7.22. The number of fused-ring (bicyclic) bond motifs is 1. The van der Waals surface area contributed by atoms with Gasteiger partial charge >= 0.3 is 0 Å². The number of carbonyl (C=O) groups excluding carboxylic acids is 2. The summed E-state index contributed by atoms with van der Waals surface area (Å²) in [7, 11) is 0. The number of carbonyl (C=O) groups is 2. The molecule has 0 bridgehead atoms. The Bertz CT molecular complexity index is 881. The molecule has 4 rings (SSSR count). The number of anilines is 1. The molecule has 0 saturated carbocycles. The van der Waals surface area contributed by atoms with Gasteiger partial charge in [-0.2, -0.15) is 0 Å². The Morgan fingerprint density at radius 1 is 1.22 bits per heavy atom. The van der Waals surface area contributed by atoms with E-state index in [1.54, 1.807) is 11.1 Å². The van der Waals surface area contributed by atoms with Crippen LogP contribution in [0.15, 0.2) is 36.5 Å². The molecular weight excluding hydrogens is 342 g/mol. The Balaban J connectivity index is 1.44. The number of nitrogens with one attached hydrogen (secondary N) is 1. The summed E-state index contributed by atoms with van der Waals surface area (Å²) in [5.74, 6) is 0.277. The molecule has 27 heavy (non-hydrogen) atoms. The maximum Gasteiger partial charge on any atom is 0.253 e. The lowest BCUT2D eigenvalue weighted by molar-refractivity contribution is -0.121. The largest absolute Gasteiger partial charge is 0.372 e. The number of aryl methyl sites for hydroxylation is 1. The Kier molecular flexibility index (Phi) is 4.90. The highest BCUT2D eigenvalue weighted by Gasteiger charge is 2.29. The van der Waals surface area contributed by atoms with Crippen molar-refractivity contribution in [2.75, 3.05) is 18.4 Å². The molecular formula is C21H23N3O3. The first-order valence-electron chi connectivity index (χ1n) is 9.33. The van der Waals surface area contributed by atoms with Crippen LogP contribution in [0.3, 0.4) is 0 Å². The first kappa shape index (κ1) is 17.7. The van der Waals surface area contributed by atoms with Crippen molar-refractivity contribution < 1.29 is 14.3 Å². The Hall–Kier alpha value is -2.73. The summed E-state index contributed by atoms with van der Waals surface area (Å²) >= 11 is 0. The lowest BCUT2D eigenvalue weighted by atomic mass is 9.96. The number of nitrogens with zero attached hydrogens (tertiary/aromatic N) is 2. The number of rotatable bonds is 3. The summed E-state index contributed by atoms with van der Waals surface area (Å²) < 4.78 is 5.43. The third-order valence-corrected chi connectivity index (χ3v) is 5.30. The zero-order valence-corrected chi connectivity index (χ0v) is 15.4. The highest BCUT2D eigenvalue weighted by molar-refractivity contribution is 5.96. The molecule has 6 heteroatoms. The molecule has 6 nitrogen and oxygen atoms in total. The van der Waals surface area contributed by atoms with Crippen LogP contribution >= 0.6 is 0 Å². The van der Waals surface area contributed by atoms with Crippen LogP contribution in [0.4, 0.5) is 5.82 Å². The monoisotopic (exact) mass is 365 g/mol. The van der Waals surface area contributed by atoms with Crippen LogP contribution in [0.2, 0.25) is 0 Å². The minimum absolute atomic E-state index is 0.0174. The molecule has 1 fully saturated rings. The van der Waals surface area contributed by atoms with Crippen LogP contribution in [0.5, 0.6) is 0 Å². The van der Waals surface area contributed by atoms with Gasteiger partial charge in [0.25, 0.3) is 5.91 Å². The van der Waals surface area contributed by atoms with Crippen molar-refractivity contribution >= 4 is 17.6 Å². The number of benzene rings is 1. The van der Waals surface area contributed by atoms with Crippen LogP contribution in [0, 0.1) is 12.8 Å². The Morgan fingerprint density at radius 3 is 2.93 bits per heavy atom. The molecule has 2 aromatic rings. The average Bonchev–Trinajstić information content (AvgIpc) is 3.17. The van der Waals surface area contributed by atoms with Crippen molar-refractivity contribution in [1.82, 2.24) is 9.88 Å². The van der Waals surface area contributed by atoms with E-state index in [-0.39, 0.29) is 17.7 Å². The van der Waals surface area contributed by atoms with Crippen LogP contribution in [-0.2, 0) is 22.7 Å². The molecule has 0 aliphatic carbocycles. The van der Waals surface area contributed by atoms with E-state index in [1.165, 1.54) is 0 Å². The highest BCUT2D eigenvalue weighted by Crippen LogP contribution is 2.24. The molecule has 2 amide bonds. The van der Waals surface area contributed by atoms with Crippen molar-refractivity contribution in [3.63, 3.8) is 0 Å². The molecule has 1 unspecified atom stereocenters. The van der Waals surface area contributed by atoms with E-state index in [0.717, 1.165) is 29.5 Å². The zero-order chi connectivity index (χ0) is 18.8. The van der Waals surface area contributed by atoms with Gasteiger partial charge in [-0.1, -0.05) is 12.1 Å². The summed E-state index contributed by atoms with van der Waals surface area (Å²) in [4.78, 5) is 31.6. The summed E-state index contributed by atoms with van der Waals surface area (Å²) in [6.07, 6.45) is 3.26. The molecule has 140 valence electrons. The number of aromatic nitrogens is 1. The maximum atomic E-state index is 12.9. The quantitative estimate of drug-likeness (QED) is 0.908. The van der Waals surface area contributed by atoms with Gasteiger partial charge in [0.1, 0.15) is 5.82 Å². The average molecular weight is 365 g/mol. The first-order chi connectivity index (χ1) is 13.1. The highest BCUT2D eigenvalue weighted by atomic mass is 16.5. The third-order valence-electron chi connectivity index (χ3n) is 5.30. The summed E-state index contributed by atoms with van der Waals surface area (Å²) in [5.41, 5.74) is 3.82. The van der Waals surface area contributed by atoms with E-state index in [4.69, 9.17) is 4.74 Å². The second kappa shape index (κ2) is 7.48. The fourth-order valence-corrected chi connectivity index (χ4v) is 3.70.